The predicted octanol–water partition coefficient (Wildman–Crippen LogP) is 7.11. The lowest BCUT2D eigenvalue weighted by Gasteiger charge is -2.14. The monoisotopic (exact) mass is 709 g/mol. The average Bonchev–Trinajstić information content (AvgIpc) is 3.13. The fraction of sp³-hybridized carbons (Fsp3) is 0.115. The maximum absolute atomic E-state index is 13.3. The van der Waals surface area contributed by atoms with Crippen molar-refractivity contribution in [3.63, 3.8) is 0 Å². The molecule has 3 aromatic rings. The highest BCUT2D eigenvalue weighted by molar-refractivity contribution is 14.1. The summed E-state index contributed by atoms with van der Waals surface area (Å²) in [4.78, 5) is 19.8. The van der Waals surface area contributed by atoms with E-state index < -0.39 is 0 Å². The normalized spacial score (nSPS) is 15.6. The standard InChI is InChI=1S/C26H18FI2N3O2S/c1-2-32-25(33)23(35-26(32)31-21-9-7-19(27)8-10-21)12-18-11-20(28)13-22(29)24(18)34-15-17-6-4-3-5-16(17)14-30/h3-13H,2,15H2,1H3/b23-12+,31-26?. The molecule has 0 radical (unpaired) electrons. The van der Waals surface area contributed by atoms with Crippen LogP contribution in [0, 0.1) is 24.3 Å². The number of likely N-dealkylation sites (N-methyl/N-ethyl adjacent to an activating group) is 1. The lowest BCUT2D eigenvalue weighted by atomic mass is 10.1. The van der Waals surface area contributed by atoms with E-state index in [4.69, 9.17) is 4.74 Å². The summed E-state index contributed by atoms with van der Waals surface area (Å²) < 4.78 is 21.4. The van der Waals surface area contributed by atoms with Gasteiger partial charge in [-0.3, -0.25) is 9.69 Å². The fourth-order valence-corrected chi connectivity index (χ4v) is 6.48. The minimum atomic E-state index is -0.338. The van der Waals surface area contributed by atoms with Crippen LogP contribution in [0.1, 0.15) is 23.6 Å². The Bertz CT molecular complexity index is 1380. The van der Waals surface area contributed by atoms with Crippen molar-refractivity contribution in [2.24, 2.45) is 4.99 Å². The molecule has 1 aliphatic rings. The van der Waals surface area contributed by atoms with Crippen LogP contribution in [0.4, 0.5) is 10.1 Å². The molecule has 1 aliphatic heterocycles. The number of halogens is 3. The number of nitriles is 1. The molecule has 176 valence electrons. The van der Waals surface area contributed by atoms with Crippen LogP contribution in [0.2, 0.25) is 0 Å². The van der Waals surface area contributed by atoms with Gasteiger partial charge in [0.2, 0.25) is 0 Å². The van der Waals surface area contributed by atoms with Gasteiger partial charge in [0.1, 0.15) is 18.2 Å². The Labute approximate surface area is 234 Å². The van der Waals surface area contributed by atoms with E-state index >= 15 is 0 Å². The first-order valence-electron chi connectivity index (χ1n) is 10.5. The Balaban J connectivity index is 1.67. The van der Waals surface area contributed by atoms with Crippen molar-refractivity contribution in [3.05, 3.63) is 95.2 Å². The first kappa shape index (κ1) is 25.7. The quantitative estimate of drug-likeness (QED) is 0.202. The summed E-state index contributed by atoms with van der Waals surface area (Å²) in [6.45, 7) is 2.58. The second kappa shape index (κ2) is 11.5. The largest absolute Gasteiger partial charge is 0.487 e. The Kier molecular flexibility index (Phi) is 8.46. The van der Waals surface area contributed by atoms with Crippen LogP contribution in [0.15, 0.2) is 70.6 Å². The second-order valence-corrected chi connectivity index (χ2v) is 10.8. The molecule has 0 bridgehead atoms. The Morgan fingerprint density at radius 2 is 1.91 bits per heavy atom. The molecule has 0 atom stereocenters. The van der Waals surface area contributed by atoms with E-state index in [-0.39, 0.29) is 18.3 Å². The van der Waals surface area contributed by atoms with Gasteiger partial charge in [0.25, 0.3) is 5.91 Å². The molecule has 0 aromatic heterocycles. The van der Waals surface area contributed by atoms with E-state index in [2.05, 4.69) is 56.2 Å². The topological polar surface area (TPSA) is 65.7 Å². The molecule has 1 amide bonds. The number of carbonyl (C=O) groups excluding carboxylic acids is 1. The van der Waals surface area contributed by atoms with Crippen molar-refractivity contribution in [1.82, 2.24) is 4.90 Å². The van der Waals surface area contributed by atoms with Crippen LogP contribution in [0.25, 0.3) is 6.08 Å². The lowest BCUT2D eigenvalue weighted by Crippen LogP contribution is -2.28. The van der Waals surface area contributed by atoms with Crippen LogP contribution in [-0.4, -0.2) is 22.5 Å². The van der Waals surface area contributed by atoms with E-state index in [1.54, 1.807) is 23.1 Å². The zero-order valence-electron chi connectivity index (χ0n) is 18.5. The predicted molar refractivity (Wildman–Crippen MR) is 154 cm³/mol. The molecule has 0 saturated carbocycles. The summed E-state index contributed by atoms with van der Waals surface area (Å²) in [5, 5.41) is 9.92. The van der Waals surface area contributed by atoms with Crippen LogP contribution in [0.5, 0.6) is 5.75 Å². The van der Waals surface area contributed by atoms with Crippen molar-refractivity contribution < 1.29 is 13.9 Å². The lowest BCUT2D eigenvalue weighted by molar-refractivity contribution is -0.122. The van der Waals surface area contributed by atoms with E-state index in [0.717, 1.165) is 18.3 Å². The van der Waals surface area contributed by atoms with E-state index in [1.807, 2.05) is 43.3 Å². The summed E-state index contributed by atoms with van der Waals surface area (Å²) in [6.07, 6.45) is 1.82. The number of rotatable bonds is 6. The molecule has 0 aliphatic carbocycles. The SMILES string of the molecule is CCN1C(=O)/C(=C\c2cc(I)cc(I)c2OCc2ccccc2C#N)SC1=Nc1ccc(F)cc1. The molecule has 1 saturated heterocycles. The highest BCUT2D eigenvalue weighted by atomic mass is 127. The minimum Gasteiger partial charge on any atom is -0.487 e. The number of hydrogen-bond donors (Lipinski definition) is 0. The van der Waals surface area contributed by atoms with Gasteiger partial charge in [-0.15, -0.1) is 0 Å². The van der Waals surface area contributed by atoms with E-state index in [1.165, 1.54) is 23.9 Å². The Morgan fingerprint density at radius 3 is 2.63 bits per heavy atom. The first-order valence-corrected chi connectivity index (χ1v) is 13.5. The van der Waals surface area contributed by atoms with Gasteiger partial charge in [-0.1, -0.05) is 18.2 Å². The fourth-order valence-electron chi connectivity index (χ4n) is 3.38. The highest BCUT2D eigenvalue weighted by Crippen LogP contribution is 2.37. The Morgan fingerprint density at radius 1 is 1.17 bits per heavy atom. The number of thioether (sulfide) groups is 1. The first-order chi connectivity index (χ1) is 16.9. The van der Waals surface area contributed by atoms with Crippen molar-refractivity contribution in [2.75, 3.05) is 6.54 Å². The summed E-state index contributed by atoms with van der Waals surface area (Å²) in [6, 6.07) is 19.3. The zero-order valence-corrected chi connectivity index (χ0v) is 23.6. The molecule has 4 rings (SSSR count). The van der Waals surface area contributed by atoms with Gasteiger partial charge in [0.05, 0.1) is 25.8 Å². The second-order valence-electron chi connectivity index (χ2n) is 7.39. The number of aliphatic imine (C=N–C) groups is 1. The van der Waals surface area contributed by atoms with E-state index in [9.17, 15) is 14.4 Å². The third kappa shape index (κ3) is 6.05. The average molecular weight is 709 g/mol. The summed E-state index contributed by atoms with van der Waals surface area (Å²) in [5.41, 5.74) is 2.70. The molecular weight excluding hydrogens is 691 g/mol. The van der Waals surface area contributed by atoms with Crippen LogP contribution in [-0.2, 0) is 11.4 Å². The van der Waals surface area contributed by atoms with Gasteiger partial charge in [0.15, 0.2) is 5.17 Å². The summed E-state index contributed by atoms with van der Waals surface area (Å²) in [5.74, 6) is 0.162. The molecule has 9 heteroatoms. The van der Waals surface area contributed by atoms with Gasteiger partial charge in [-0.25, -0.2) is 9.38 Å². The van der Waals surface area contributed by atoms with Crippen LogP contribution in [0.3, 0.4) is 0 Å². The van der Waals surface area contributed by atoms with Crippen LogP contribution < -0.4 is 4.74 Å². The molecule has 1 heterocycles. The van der Waals surface area contributed by atoms with Crippen LogP contribution >= 0.6 is 56.9 Å². The molecule has 1 fully saturated rings. The third-order valence-corrected chi connectivity index (χ3v) is 7.52. The number of amidine groups is 1. The van der Waals surface area contributed by atoms with Crippen molar-refractivity contribution in [1.29, 1.82) is 5.26 Å². The van der Waals surface area contributed by atoms with Gasteiger partial charge in [-0.05, 0) is 112 Å². The maximum Gasteiger partial charge on any atom is 0.266 e. The van der Waals surface area contributed by atoms with Gasteiger partial charge >= 0.3 is 0 Å². The molecule has 5 nitrogen and oxygen atoms in total. The smallest absolute Gasteiger partial charge is 0.266 e. The maximum atomic E-state index is 13.3. The van der Waals surface area contributed by atoms with Crippen molar-refractivity contribution in [2.45, 2.75) is 13.5 Å². The number of nitrogens with zero attached hydrogens (tertiary/aromatic N) is 3. The van der Waals surface area contributed by atoms with Crippen molar-refractivity contribution in [3.8, 4) is 11.8 Å². The number of amides is 1. The Hall–Kier alpha value is -2.43. The van der Waals surface area contributed by atoms with Gasteiger partial charge < -0.3 is 4.74 Å². The third-order valence-electron chi connectivity index (χ3n) is 5.09. The zero-order chi connectivity index (χ0) is 24.9. The molecular formula is C26H18FI2N3O2S. The van der Waals surface area contributed by atoms with Crippen molar-refractivity contribution >= 4 is 79.8 Å². The number of hydrogen-bond acceptors (Lipinski definition) is 5. The molecule has 0 spiro atoms. The number of ether oxygens (including phenoxy) is 1. The van der Waals surface area contributed by atoms with Gasteiger partial charge in [-0.2, -0.15) is 5.26 Å². The number of carbonyl (C=O) groups is 1. The minimum absolute atomic E-state index is 0.145. The molecule has 35 heavy (non-hydrogen) atoms. The molecule has 0 unspecified atom stereocenters. The van der Waals surface area contributed by atoms with E-state index in [0.29, 0.717) is 33.6 Å². The number of benzene rings is 3. The summed E-state index contributed by atoms with van der Waals surface area (Å²) in [7, 11) is 0. The highest BCUT2D eigenvalue weighted by Gasteiger charge is 2.32. The molecule has 3 aromatic carbocycles. The van der Waals surface area contributed by atoms with Gasteiger partial charge in [0, 0.05) is 21.2 Å². The summed E-state index contributed by atoms with van der Waals surface area (Å²) >= 11 is 5.73. The molecule has 0 N–H and O–H groups in total.